The maximum absolute atomic E-state index is 4.94. The number of furan rings is 1. The summed E-state index contributed by atoms with van der Waals surface area (Å²) in [5, 5.41) is 3.11. The molecule has 0 aliphatic heterocycles. The van der Waals surface area contributed by atoms with Gasteiger partial charge in [0.25, 0.3) is 0 Å². The molecule has 0 N–H and O–H groups in total. The lowest BCUT2D eigenvalue weighted by Gasteiger charge is -1.84. The summed E-state index contributed by atoms with van der Waals surface area (Å²) in [6, 6.07) is 1.91. The van der Waals surface area contributed by atoms with Crippen LogP contribution in [0, 0.1) is 6.92 Å². The van der Waals surface area contributed by atoms with Crippen molar-refractivity contribution in [3.8, 4) is 11.3 Å². The van der Waals surface area contributed by atoms with E-state index in [0.29, 0.717) is 0 Å². The van der Waals surface area contributed by atoms with Crippen LogP contribution in [0.1, 0.15) is 5.01 Å². The number of thiazole rings is 1. The van der Waals surface area contributed by atoms with Gasteiger partial charge in [-0.15, -0.1) is 11.3 Å². The molecule has 2 rings (SSSR count). The van der Waals surface area contributed by atoms with Gasteiger partial charge in [0.1, 0.15) is 0 Å². The number of aromatic nitrogens is 1. The molecule has 2 aromatic heterocycles. The number of aryl methyl sites for hydroxylation is 1. The lowest BCUT2D eigenvalue weighted by molar-refractivity contribution is 0.568. The molecule has 0 saturated carbocycles. The molecule has 0 fully saturated rings. The van der Waals surface area contributed by atoms with Gasteiger partial charge in [-0.05, 0) is 13.0 Å². The minimum Gasteiger partial charge on any atom is -0.472 e. The minimum atomic E-state index is 1.00. The molecule has 0 bridgehead atoms. The standard InChI is InChI=1S/C8H7NOS/c1-6-9-8(5-11-6)7-2-3-10-4-7/h2-5H,1H3. The second-order valence-electron chi connectivity index (χ2n) is 2.26. The highest BCUT2D eigenvalue weighted by atomic mass is 32.1. The van der Waals surface area contributed by atoms with E-state index in [2.05, 4.69) is 4.98 Å². The van der Waals surface area contributed by atoms with Crippen molar-refractivity contribution in [1.82, 2.24) is 4.98 Å². The maximum Gasteiger partial charge on any atom is 0.0996 e. The summed E-state index contributed by atoms with van der Waals surface area (Å²) in [7, 11) is 0. The van der Waals surface area contributed by atoms with Crippen molar-refractivity contribution in [2.45, 2.75) is 6.92 Å². The Hall–Kier alpha value is -1.09. The van der Waals surface area contributed by atoms with Crippen molar-refractivity contribution in [3.63, 3.8) is 0 Å². The molecule has 0 aliphatic carbocycles. The Labute approximate surface area is 68.5 Å². The van der Waals surface area contributed by atoms with E-state index in [9.17, 15) is 0 Å². The van der Waals surface area contributed by atoms with Gasteiger partial charge >= 0.3 is 0 Å². The van der Waals surface area contributed by atoms with E-state index in [1.165, 1.54) is 0 Å². The maximum atomic E-state index is 4.94. The smallest absolute Gasteiger partial charge is 0.0996 e. The van der Waals surface area contributed by atoms with Gasteiger partial charge in [-0.3, -0.25) is 0 Å². The zero-order valence-corrected chi connectivity index (χ0v) is 6.89. The van der Waals surface area contributed by atoms with Gasteiger partial charge in [-0.25, -0.2) is 4.98 Å². The van der Waals surface area contributed by atoms with Crippen molar-refractivity contribution >= 4 is 11.3 Å². The third-order valence-electron chi connectivity index (χ3n) is 1.44. The van der Waals surface area contributed by atoms with Crippen molar-refractivity contribution in [2.75, 3.05) is 0 Å². The third kappa shape index (κ3) is 1.19. The summed E-state index contributed by atoms with van der Waals surface area (Å²) in [6.45, 7) is 1.99. The highest BCUT2D eigenvalue weighted by molar-refractivity contribution is 7.09. The zero-order valence-electron chi connectivity index (χ0n) is 6.07. The number of hydrogen-bond acceptors (Lipinski definition) is 3. The Balaban J connectivity index is 2.45. The van der Waals surface area contributed by atoms with Crippen molar-refractivity contribution in [2.24, 2.45) is 0 Å². The van der Waals surface area contributed by atoms with E-state index >= 15 is 0 Å². The Morgan fingerprint density at radius 2 is 2.45 bits per heavy atom. The second-order valence-corrected chi connectivity index (χ2v) is 3.33. The first kappa shape index (κ1) is 6.61. The van der Waals surface area contributed by atoms with Gasteiger partial charge in [0.2, 0.25) is 0 Å². The van der Waals surface area contributed by atoms with Crippen LogP contribution in [0.15, 0.2) is 28.4 Å². The van der Waals surface area contributed by atoms with E-state index in [4.69, 9.17) is 4.42 Å². The molecule has 0 amide bonds. The quantitative estimate of drug-likeness (QED) is 0.649. The molecular formula is C8H7NOS. The molecule has 0 atom stereocenters. The molecule has 0 radical (unpaired) electrons. The normalized spacial score (nSPS) is 10.3. The number of hydrogen-bond donors (Lipinski definition) is 0. The van der Waals surface area contributed by atoms with Crippen LogP contribution in [-0.4, -0.2) is 4.98 Å². The fourth-order valence-corrected chi connectivity index (χ4v) is 1.53. The molecule has 0 saturated heterocycles. The van der Waals surface area contributed by atoms with Crippen LogP contribution in [0.25, 0.3) is 11.3 Å². The van der Waals surface area contributed by atoms with Crippen LogP contribution in [0.3, 0.4) is 0 Å². The molecule has 2 nitrogen and oxygen atoms in total. The van der Waals surface area contributed by atoms with E-state index < -0.39 is 0 Å². The first-order valence-electron chi connectivity index (χ1n) is 3.31. The molecule has 0 aliphatic rings. The lowest BCUT2D eigenvalue weighted by atomic mass is 10.3. The zero-order chi connectivity index (χ0) is 7.68. The second kappa shape index (κ2) is 2.51. The Morgan fingerprint density at radius 1 is 1.55 bits per heavy atom. The largest absolute Gasteiger partial charge is 0.472 e. The predicted octanol–water partition coefficient (Wildman–Crippen LogP) is 2.71. The number of nitrogens with zero attached hydrogens (tertiary/aromatic N) is 1. The van der Waals surface area contributed by atoms with Crippen LogP contribution < -0.4 is 0 Å². The van der Waals surface area contributed by atoms with Crippen LogP contribution >= 0.6 is 11.3 Å². The van der Waals surface area contributed by atoms with Crippen LogP contribution in [-0.2, 0) is 0 Å². The molecular weight excluding hydrogens is 158 g/mol. The molecule has 11 heavy (non-hydrogen) atoms. The monoisotopic (exact) mass is 165 g/mol. The van der Waals surface area contributed by atoms with E-state index in [1.54, 1.807) is 23.9 Å². The fraction of sp³-hybridized carbons (Fsp3) is 0.125. The molecule has 0 aromatic carbocycles. The van der Waals surface area contributed by atoms with Gasteiger partial charge in [0.05, 0.1) is 23.2 Å². The van der Waals surface area contributed by atoms with Gasteiger partial charge in [0, 0.05) is 10.9 Å². The Morgan fingerprint density at radius 3 is 3.00 bits per heavy atom. The minimum absolute atomic E-state index is 1.00. The number of rotatable bonds is 1. The molecule has 56 valence electrons. The topological polar surface area (TPSA) is 26.0 Å². The summed E-state index contributed by atoms with van der Waals surface area (Å²) in [5.74, 6) is 0. The van der Waals surface area contributed by atoms with Gasteiger partial charge in [-0.1, -0.05) is 0 Å². The van der Waals surface area contributed by atoms with Crippen molar-refractivity contribution in [1.29, 1.82) is 0 Å². The average Bonchev–Trinajstić information content (AvgIpc) is 2.55. The summed E-state index contributed by atoms with van der Waals surface area (Å²) in [6.07, 6.45) is 3.36. The Bertz CT molecular complexity index is 337. The summed E-state index contributed by atoms with van der Waals surface area (Å²) < 4.78 is 4.94. The highest BCUT2D eigenvalue weighted by Crippen LogP contribution is 2.21. The van der Waals surface area contributed by atoms with E-state index in [0.717, 1.165) is 16.3 Å². The highest BCUT2D eigenvalue weighted by Gasteiger charge is 2.01. The lowest BCUT2D eigenvalue weighted by Crippen LogP contribution is -1.71. The SMILES string of the molecule is Cc1nc(-c2ccoc2)cs1. The van der Waals surface area contributed by atoms with Gasteiger partial charge in [0.15, 0.2) is 0 Å². The van der Waals surface area contributed by atoms with Gasteiger partial charge in [-0.2, -0.15) is 0 Å². The van der Waals surface area contributed by atoms with Gasteiger partial charge < -0.3 is 4.42 Å². The summed E-state index contributed by atoms with van der Waals surface area (Å²) in [4.78, 5) is 4.31. The summed E-state index contributed by atoms with van der Waals surface area (Å²) >= 11 is 1.65. The van der Waals surface area contributed by atoms with Crippen LogP contribution in [0.2, 0.25) is 0 Å². The summed E-state index contributed by atoms with van der Waals surface area (Å²) in [5.41, 5.74) is 2.05. The van der Waals surface area contributed by atoms with Crippen molar-refractivity contribution in [3.05, 3.63) is 29.0 Å². The first-order chi connectivity index (χ1) is 5.36. The van der Waals surface area contributed by atoms with E-state index in [1.807, 2.05) is 18.4 Å². The molecule has 0 unspecified atom stereocenters. The predicted molar refractivity (Wildman–Crippen MR) is 44.6 cm³/mol. The fourth-order valence-electron chi connectivity index (χ4n) is 0.906. The molecule has 0 spiro atoms. The average molecular weight is 165 g/mol. The van der Waals surface area contributed by atoms with E-state index in [-0.39, 0.29) is 0 Å². The van der Waals surface area contributed by atoms with Crippen molar-refractivity contribution < 1.29 is 4.42 Å². The third-order valence-corrected chi connectivity index (χ3v) is 2.21. The Kier molecular flexibility index (Phi) is 1.51. The first-order valence-corrected chi connectivity index (χ1v) is 4.19. The molecule has 2 heterocycles. The van der Waals surface area contributed by atoms with Crippen LogP contribution in [0.4, 0.5) is 0 Å². The molecule has 2 aromatic rings. The van der Waals surface area contributed by atoms with Crippen LogP contribution in [0.5, 0.6) is 0 Å². The molecule has 3 heteroatoms.